The maximum absolute atomic E-state index is 13.7. The first-order valence-electron chi connectivity index (χ1n) is 7.80. The fourth-order valence-electron chi connectivity index (χ4n) is 2.86. The minimum absolute atomic E-state index is 0.0573. The molecule has 26 heavy (non-hydrogen) atoms. The Balaban J connectivity index is 2.40. The van der Waals surface area contributed by atoms with Crippen LogP contribution in [0.25, 0.3) is 5.57 Å². The van der Waals surface area contributed by atoms with E-state index in [0.29, 0.717) is 16.7 Å². The predicted molar refractivity (Wildman–Crippen MR) is 89.1 cm³/mol. The minimum Gasteiger partial charge on any atom is -0.448 e. The van der Waals surface area contributed by atoms with Gasteiger partial charge in [0.2, 0.25) is 5.91 Å². The van der Waals surface area contributed by atoms with Crippen molar-refractivity contribution in [2.24, 2.45) is 0 Å². The lowest BCUT2D eigenvalue weighted by molar-refractivity contribution is -0.318. The molecule has 0 spiro atoms. The van der Waals surface area contributed by atoms with Gasteiger partial charge in [-0.1, -0.05) is 42.5 Å². The molecule has 0 saturated carbocycles. The van der Waals surface area contributed by atoms with Crippen LogP contribution in [0, 0.1) is 6.92 Å². The molecule has 0 radical (unpaired) electrons. The molecule has 0 aromatic heterocycles. The molecule has 1 heterocycles. The van der Waals surface area contributed by atoms with Crippen molar-refractivity contribution in [1.29, 1.82) is 0 Å². The normalized spacial score (nSPS) is 19.6. The zero-order valence-corrected chi connectivity index (χ0v) is 14.0. The second kappa shape index (κ2) is 6.17. The van der Waals surface area contributed by atoms with Crippen LogP contribution in [0.5, 0.6) is 5.75 Å². The molecule has 136 valence electrons. The van der Waals surface area contributed by atoms with Crippen molar-refractivity contribution in [1.82, 2.24) is 5.32 Å². The Bertz CT molecular complexity index is 891. The molecule has 1 unspecified atom stereocenters. The third kappa shape index (κ3) is 2.94. The van der Waals surface area contributed by atoms with E-state index in [1.165, 1.54) is 6.07 Å². The molecule has 1 aliphatic heterocycles. The minimum atomic E-state index is -5.17. The van der Waals surface area contributed by atoms with Gasteiger partial charge in [-0.05, 0) is 24.1 Å². The number of fused-ring (bicyclic) bond motifs is 1. The van der Waals surface area contributed by atoms with Crippen molar-refractivity contribution in [3.8, 4) is 5.75 Å². The van der Waals surface area contributed by atoms with Crippen LogP contribution in [0.1, 0.15) is 23.6 Å². The Kier molecular flexibility index (Phi) is 4.28. The van der Waals surface area contributed by atoms with Crippen molar-refractivity contribution in [2.45, 2.75) is 25.8 Å². The summed E-state index contributed by atoms with van der Waals surface area (Å²) in [5, 5.41) is 12.6. The maximum atomic E-state index is 13.7. The largest absolute Gasteiger partial charge is 0.462 e. The van der Waals surface area contributed by atoms with E-state index in [0.717, 1.165) is 6.92 Å². The SMILES string of the molecule is CC(=O)NC1=C(c2ccccc2)c2ccc(C)cc2OC1(O)C(F)(F)F. The number of hydrogen-bond donors (Lipinski definition) is 2. The van der Waals surface area contributed by atoms with Crippen LogP contribution in [0.15, 0.2) is 54.2 Å². The van der Waals surface area contributed by atoms with Crippen LogP contribution in [-0.4, -0.2) is 23.0 Å². The lowest BCUT2D eigenvalue weighted by Gasteiger charge is -2.38. The number of benzene rings is 2. The first-order chi connectivity index (χ1) is 12.1. The first kappa shape index (κ1) is 18.0. The van der Waals surface area contributed by atoms with Gasteiger partial charge in [-0.25, -0.2) is 0 Å². The van der Waals surface area contributed by atoms with E-state index in [9.17, 15) is 23.1 Å². The fraction of sp³-hybridized carbons (Fsp3) is 0.211. The molecule has 2 aromatic carbocycles. The number of carbonyl (C=O) groups is 1. The van der Waals surface area contributed by atoms with Crippen molar-refractivity contribution >= 4 is 11.5 Å². The molecule has 0 aliphatic carbocycles. The average molecular weight is 363 g/mol. The maximum Gasteiger partial charge on any atom is 0.462 e. The van der Waals surface area contributed by atoms with Gasteiger partial charge in [0.1, 0.15) is 11.4 Å². The van der Waals surface area contributed by atoms with Gasteiger partial charge in [0, 0.05) is 18.1 Å². The fourth-order valence-corrected chi connectivity index (χ4v) is 2.86. The molecular formula is C19H16F3NO3. The highest BCUT2D eigenvalue weighted by molar-refractivity contribution is 5.90. The molecule has 3 rings (SSSR count). The topological polar surface area (TPSA) is 58.6 Å². The summed E-state index contributed by atoms with van der Waals surface area (Å²) in [6.45, 7) is 2.77. The van der Waals surface area contributed by atoms with Crippen molar-refractivity contribution < 1.29 is 27.8 Å². The predicted octanol–water partition coefficient (Wildman–Crippen LogP) is 3.53. The zero-order chi connectivity index (χ0) is 19.1. The lowest BCUT2D eigenvalue weighted by atomic mass is 9.89. The van der Waals surface area contributed by atoms with E-state index < -0.39 is 23.6 Å². The summed E-state index contributed by atoms with van der Waals surface area (Å²) in [5.74, 6) is -4.54. The second-order valence-electron chi connectivity index (χ2n) is 6.04. The molecule has 2 aromatic rings. The van der Waals surface area contributed by atoms with Crippen LogP contribution in [0.4, 0.5) is 13.2 Å². The second-order valence-corrected chi connectivity index (χ2v) is 6.04. The number of nitrogens with one attached hydrogen (secondary N) is 1. The average Bonchev–Trinajstić information content (AvgIpc) is 2.55. The van der Waals surface area contributed by atoms with Crippen LogP contribution in [-0.2, 0) is 4.79 Å². The summed E-state index contributed by atoms with van der Waals surface area (Å²) in [5.41, 5.74) is 0.734. The number of amides is 1. The van der Waals surface area contributed by atoms with E-state index >= 15 is 0 Å². The van der Waals surface area contributed by atoms with Crippen LogP contribution < -0.4 is 10.1 Å². The van der Waals surface area contributed by atoms with Crippen LogP contribution >= 0.6 is 0 Å². The van der Waals surface area contributed by atoms with E-state index in [1.54, 1.807) is 49.4 Å². The van der Waals surface area contributed by atoms with Crippen LogP contribution in [0.3, 0.4) is 0 Å². The highest BCUT2D eigenvalue weighted by atomic mass is 19.4. The Labute approximate surface area is 147 Å². The van der Waals surface area contributed by atoms with Gasteiger partial charge < -0.3 is 15.2 Å². The highest BCUT2D eigenvalue weighted by Gasteiger charge is 2.62. The van der Waals surface area contributed by atoms with Gasteiger partial charge in [0.15, 0.2) is 0 Å². The number of aryl methyl sites for hydroxylation is 1. The summed E-state index contributed by atoms with van der Waals surface area (Å²) in [6.07, 6.45) is -5.17. The van der Waals surface area contributed by atoms with Gasteiger partial charge in [-0.2, -0.15) is 13.2 Å². The van der Waals surface area contributed by atoms with Gasteiger partial charge in [0.05, 0.1) is 0 Å². The Morgan fingerprint density at radius 1 is 1.15 bits per heavy atom. The molecule has 0 bridgehead atoms. The zero-order valence-electron chi connectivity index (χ0n) is 14.0. The monoisotopic (exact) mass is 363 g/mol. The van der Waals surface area contributed by atoms with E-state index in [2.05, 4.69) is 5.32 Å². The molecule has 2 N–H and O–H groups in total. The van der Waals surface area contributed by atoms with E-state index in [-0.39, 0.29) is 11.3 Å². The molecule has 1 atom stereocenters. The third-order valence-corrected chi connectivity index (χ3v) is 4.00. The van der Waals surface area contributed by atoms with Gasteiger partial charge in [-0.15, -0.1) is 0 Å². The molecule has 1 amide bonds. The van der Waals surface area contributed by atoms with Gasteiger partial charge >= 0.3 is 12.0 Å². The molecule has 7 heteroatoms. The smallest absolute Gasteiger partial charge is 0.448 e. The van der Waals surface area contributed by atoms with Crippen LogP contribution in [0.2, 0.25) is 0 Å². The summed E-state index contributed by atoms with van der Waals surface area (Å²) in [7, 11) is 0. The Morgan fingerprint density at radius 3 is 2.38 bits per heavy atom. The standard InChI is InChI=1S/C19H16F3NO3/c1-11-8-9-14-15(10-11)26-18(25,19(20,21)22)17(23-12(2)24)16(14)13-6-4-3-5-7-13/h3-10,25H,1-2H3,(H,23,24). The summed E-state index contributed by atoms with van der Waals surface area (Å²) in [6, 6.07) is 13.0. The molecule has 1 aliphatic rings. The first-order valence-corrected chi connectivity index (χ1v) is 7.80. The molecule has 0 fully saturated rings. The highest BCUT2D eigenvalue weighted by Crippen LogP contribution is 2.48. The van der Waals surface area contributed by atoms with E-state index in [1.807, 2.05) is 0 Å². The Hall–Kier alpha value is -2.80. The van der Waals surface area contributed by atoms with E-state index in [4.69, 9.17) is 4.74 Å². The Morgan fingerprint density at radius 2 is 1.81 bits per heavy atom. The van der Waals surface area contributed by atoms with Crippen molar-refractivity contribution in [3.63, 3.8) is 0 Å². The summed E-state index contributed by atoms with van der Waals surface area (Å²) < 4.78 is 46.2. The van der Waals surface area contributed by atoms with Gasteiger partial charge in [-0.3, -0.25) is 4.79 Å². The number of ether oxygens (including phenoxy) is 1. The molecule has 0 saturated heterocycles. The number of aliphatic hydroxyl groups is 1. The van der Waals surface area contributed by atoms with Crippen molar-refractivity contribution in [2.75, 3.05) is 0 Å². The third-order valence-electron chi connectivity index (χ3n) is 4.00. The number of carbonyl (C=O) groups excluding carboxylic acids is 1. The lowest BCUT2D eigenvalue weighted by Crippen LogP contribution is -2.57. The quantitative estimate of drug-likeness (QED) is 0.858. The summed E-state index contributed by atoms with van der Waals surface area (Å²) >= 11 is 0. The molecular weight excluding hydrogens is 347 g/mol. The number of halogens is 3. The summed E-state index contributed by atoms with van der Waals surface area (Å²) in [4.78, 5) is 11.6. The number of rotatable bonds is 2. The number of hydrogen-bond acceptors (Lipinski definition) is 3. The number of alkyl halides is 3. The van der Waals surface area contributed by atoms with Crippen molar-refractivity contribution in [3.05, 3.63) is 70.9 Å². The van der Waals surface area contributed by atoms with Gasteiger partial charge in [0.25, 0.3) is 0 Å². The molecule has 4 nitrogen and oxygen atoms in total.